The molecule has 3 aromatic heterocycles. The number of rotatable bonds is 6. The second-order valence-corrected chi connectivity index (χ2v) is 8.73. The number of hydrogen-bond acceptors (Lipinski definition) is 5. The molecule has 6 nitrogen and oxygen atoms in total. The molecule has 4 rings (SSSR count). The van der Waals surface area contributed by atoms with Crippen LogP contribution in [0.3, 0.4) is 0 Å². The topological polar surface area (TPSA) is 72.7 Å². The Morgan fingerprint density at radius 1 is 1.13 bits per heavy atom. The van der Waals surface area contributed by atoms with E-state index in [1.54, 1.807) is 29.2 Å². The van der Waals surface area contributed by atoms with E-state index in [9.17, 15) is 4.79 Å². The van der Waals surface area contributed by atoms with E-state index in [2.05, 4.69) is 20.4 Å². The van der Waals surface area contributed by atoms with Crippen LogP contribution in [0.4, 0.5) is 0 Å². The van der Waals surface area contributed by atoms with Crippen molar-refractivity contribution in [1.29, 1.82) is 0 Å². The highest BCUT2D eigenvalue weighted by Gasteiger charge is 2.17. The molecule has 1 N–H and O–H groups in total. The summed E-state index contributed by atoms with van der Waals surface area (Å²) in [7, 11) is 0. The van der Waals surface area contributed by atoms with Crippen LogP contribution in [-0.2, 0) is 17.8 Å². The van der Waals surface area contributed by atoms with Crippen molar-refractivity contribution in [1.82, 2.24) is 25.1 Å². The molecule has 1 amide bonds. The smallest absolute Gasteiger partial charge is 0.224 e. The first-order valence-electron chi connectivity index (χ1n) is 9.54. The number of nitrogens with one attached hydrogen (secondary N) is 1. The molecule has 0 radical (unpaired) electrons. The van der Waals surface area contributed by atoms with Gasteiger partial charge < -0.3 is 5.32 Å². The average molecular weight is 472 g/mol. The molecular weight excluding hydrogens is 453 g/mol. The largest absolute Gasteiger partial charge is 0.349 e. The van der Waals surface area contributed by atoms with E-state index in [-0.39, 0.29) is 12.3 Å². The molecule has 158 valence electrons. The molecule has 0 bridgehead atoms. The average Bonchev–Trinajstić information content (AvgIpc) is 3.35. The normalized spacial score (nSPS) is 11.0. The van der Waals surface area contributed by atoms with Gasteiger partial charge in [0.1, 0.15) is 5.01 Å². The molecule has 0 aliphatic carbocycles. The fraction of sp³-hybridized carbons (Fsp3) is 0.182. The molecule has 31 heavy (non-hydrogen) atoms. The molecule has 0 fully saturated rings. The summed E-state index contributed by atoms with van der Waals surface area (Å²) in [6.07, 6.45) is 3.71. The number of aromatic nitrogens is 4. The highest BCUT2D eigenvalue weighted by Crippen LogP contribution is 2.26. The Hall–Kier alpha value is -2.74. The number of thiazole rings is 1. The Morgan fingerprint density at radius 2 is 1.90 bits per heavy atom. The van der Waals surface area contributed by atoms with Gasteiger partial charge in [0.15, 0.2) is 0 Å². The first-order chi connectivity index (χ1) is 14.9. The van der Waals surface area contributed by atoms with Crippen molar-refractivity contribution < 1.29 is 4.79 Å². The van der Waals surface area contributed by atoms with Crippen LogP contribution in [0.2, 0.25) is 10.0 Å². The van der Waals surface area contributed by atoms with E-state index in [4.69, 9.17) is 23.2 Å². The second-order valence-electron chi connectivity index (χ2n) is 6.98. The standard InChI is InChI=1S/C22H19Cl2N5OS/c1-13-17(14(2)29(28-13)16-3-4-18(23)19(24)9-16)10-21(30)26-11-22-27-20(12-31-22)15-5-7-25-8-6-15/h3-9,12H,10-11H2,1-2H3,(H,26,30). The van der Waals surface area contributed by atoms with E-state index < -0.39 is 0 Å². The van der Waals surface area contributed by atoms with Crippen LogP contribution in [0.5, 0.6) is 0 Å². The second kappa shape index (κ2) is 9.18. The van der Waals surface area contributed by atoms with E-state index in [1.165, 1.54) is 11.3 Å². The van der Waals surface area contributed by atoms with Crippen molar-refractivity contribution in [2.75, 3.05) is 0 Å². The Kier molecular flexibility index (Phi) is 6.36. The number of halogens is 2. The van der Waals surface area contributed by atoms with Gasteiger partial charge in [-0.3, -0.25) is 9.78 Å². The Labute approximate surface area is 193 Å². The number of benzene rings is 1. The number of carbonyl (C=O) groups excluding carboxylic acids is 1. The molecule has 9 heteroatoms. The van der Waals surface area contributed by atoms with E-state index in [0.29, 0.717) is 16.6 Å². The highest BCUT2D eigenvalue weighted by atomic mass is 35.5. The predicted octanol–water partition coefficient (Wildman–Crippen LogP) is 5.17. The molecule has 0 aliphatic heterocycles. The van der Waals surface area contributed by atoms with Crippen molar-refractivity contribution in [2.24, 2.45) is 0 Å². The molecule has 0 saturated carbocycles. The number of carbonyl (C=O) groups is 1. The van der Waals surface area contributed by atoms with Crippen LogP contribution in [0, 0.1) is 13.8 Å². The van der Waals surface area contributed by atoms with Gasteiger partial charge in [0.2, 0.25) is 5.91 Å². The predicted molar refractivity (Wildman–Crippen MR) is 124 cm³/mol. The minimum Gasteiger partial charge on any atom is -0.349 e. The molecular formula is C22H19Cl2N5OS. The first kappa shape index (κ1) is 21.5. The van der Waals surface area contributed by atoms with Crippen LogP contribution < -0.4 is 5.32 Å². The van der Waals surface area contributed by atoms with Gasteiger partial charge in [0.25, 0.3) is 0 Å². The zero-order valence-electron chi connectivity index (χ0n) is 16.9. The third kappa shape index (κ3) is 4.79. The van der Waals surface area contributed by atoms with Gasteiger partial charge in [0.05, 0.1) is 40.1 Å². The maximum Gasteiger partial charge on any atom is 0.224 e. The number of nitrogens with zero attached hydrogens (tertiary/aromatic N) is 4. The van der Waals surface area contributed by atoms with Crippen LogP contribution in [-0.4, -0.2) is 25.7 Å². The maximum atomic E-state index is 12.6. The van der Waals surface area contributed by atoms with Crippen molar-refractivity contribution >= 4 is 40.4 Å². The summed E-state index contributed by atoms with van der Waals surface area (Å²) < 4.78 is 1.78. The summed E-state index contributed by atoms with van der Waals surface area (Å²) in [5.41, 5.74) is 5.26. The fourth-order valence-corrected chi connectivity index (χ4v) is 4.28. The van der Waals surface area contributed by atoms with Gasteiger partial charge in [-0.25, -0.2) is 9.67 Å². The summed E-state index contributed by atoms with van der Waals surface area (Å²) in [6.45, 7) is 4.21. The lowest BCUT2D eigenvalue weighted by Gasteiger charge is -2.07. The lowest BCUT2D eigenvalue weighted by Crippen LogP contribution is -2.25. The zero-order valence-corrected chi connectivity index (χ0v) is 19.2. The Bertz CT molecular complexity index is 1240. The van der Waals surface area contributed by atoms with Gasteiger partial charge in [-0.1, -0.05) is 23.2 Å². The van der Waals surface area contributed by atoms with Crippen molar-refractivity contribution in [3.63, 3.8) is 0 Å². The van der Waals surface area contributed by atoms with Gasteiger partial charge >= 0.3 is 0 Å². The Morgan fingerprint density at radius 3 is 2.65 bits per heavy atom. The zero-order chi connectivity index (χ0) is 22.0. The van der Waals surface area contributed by atoms with Crippen LogP contribution in [0.25, 0.3) is 16.9 Å². The number of pyridine rings is 1. The van der Waals surface area contributed by atoms with Gasteiger partial charge in [-0.05, 0) is 44.2 Å². The first-order valence-corrected chi connectivity index (χ1v) is 11.2. The van der Waals surface area contributed by atoms with E-state index in [1.807, 2.05) is 37.4 Å². The summed E-state index contributed by atoms with van der Waals surface area (Å²) in [5, 5.41) is 11.3. The number of amides is 1. The number of aryl methyl sites for hydroxylation is 1. The fourth-order valence-electron chi connectivity index (χ4n) is 3.24. The lowest BCUT2D eigenvalue weighted by atomic mass is 10.1. The molecule has 0 saturated heterocycles. The van der Waals surface area contributed by atoms with Crippen molar-refractivity contribution in [2.45, 2.75) is 26.8 Å². The monoisotopic (exact) mass is 471 g/mol. The molecule has 0 aliphatic rings. The third-order valence-electron chi connectivity index (χ3n) is 4.89. The summed E-state index contributed by atoms with van der Waals surface area (Å²) in [4.78, 5) is 21.2. The lowest BCUT2D eigenvalue weighted by molar-refractivity contribution is -0.120. The maximum absolute atomic E-state index is 12.6. The highest BCUT2D eigenvalue weighted by molar-refractivity contribution is 7.09. The van der Waals surface area contributed by atoms with Crippen LogP contribution >= 0.6 is 34.5 Å². The molecule has 4 aromatic rings. The third-order valence-corrected chi connectivity index (χ3v) is 6.48. The van der Waals surface area contributed by atoms with Gasteiger partial charge in [-0.15, -0.1) is 11.3 Å². The Balaban J connectivity index is 1.43. The van der Waals surface area contributed by atoms with Crippen LogP contribution in [0.15, 0.2) is 48.1 Å². The molecule has 0 unspecified atom stereocenters. The van der Waals surface area contributed by atoms with Gasteiger partial charge in [0, 0.05) is 34.6 Å². The van der Waals surface area contributed by atoms with Gasteiger partial charge in [-0.2, -0.15) is 5.10 Å². The summed E-state index contributed by atoms with van der Waals surface area (Å²) in [6, 6.07) is 9.16. The summed E-state index contributed by atoms with van der Waals surface area (Å²) in [5.74, 6) is -0.0828. The van der Waals surface area contributed by atoms with Crippen molar-refractivity contribution in [3.05, 3.63) is 80.1 Å². The minimum atomic E-state index is -0.0828. The molecule has 3 heterocycles. The molecule has 0 atom stereocenters. The van der Waals surface area contributed by atoms with E-state index >= 15 is 0 Å². The number of hydrogen-bond donors (Lipinski definition) is 1. The quantitative estimate of drug-likeness (QED) is 0.420. The SMILES string of the molecule is Cc1nn(-c2ccc(Cl)c(Cl)c2)c(C)c1CC(=O)NCc1nc(-c2ccncc2)cs1. The molecule has 0 spiro atoms. The summed E-state index contributed by atoms with van der Waals surface area (Å²) >= 11 is 13.7. The minimum absolute atomic E-state index is 0.0828. The van der Waals surface area contributed by atoms with Crippen LogP contribution in [0.1, 0.15) is 22.0 Å². The molecule has 1 aromatic carbocycles. The van der Waals surface area contributed by atoms with E-state index in [0.717, 1.165) is 38.9 Å². The van der Waals surface area contributed by atoms with Crippen molar-refractivity contribution in [3.8, 4) is 16.9 Å².